The molecule has 0 spiro atoms. The molecule has 2 heterocycles. The Morgan fingerprint density at radius 1 is 1.00 bits per heavy atom. The van der Waals surface area contributed by atoms with Crippen LogP contribution in [-0.4, -0.2) is 54.9 Å². The quantitative estimate of drug-likeness (QED) is 0.368. The second-order valence-electron chi connectivity index (χ2n) is 10.8. The number of ether oxygens (including phenoxy) is 3. The van der Waals surface area contributed by atoms with Gasteiger partial charge < -0.3 is 24.6 Å². The van der Waals surface area contributed by atoms with Gasteiger partial charge >= 0.3 is 0 Å². The van der Waals surface area contributed by atoms with Gasteiger partial charge in [-0.15, -0.1) is 0 Å². The highest BCUT2D eigenvalue weighted by Gasteiger charge is 2.35. The Morgan fingerprint density at radius 2 is 1.77 bits per heavy atom. The van der Waals surface area contributed by atoms with E-state index >= 15 is 0 Å². The van der Waals surface area contributed by atoms with Gasteiger partial charge in [-0.1, -0.05) is 60.7 Å². The highest BCUT2D eigenvalue weighted by Crippen LogP contribution is 2.39. The van der Waals surface area contributed by atoms with E-state index in [-0.39, 0.29) is 24.7 Å². The first kappa shape index (κ1) is 28.5. The van der Waals surface area contributed by atoms with Crippen LogP contribution in [0.1, 0.15) is 60.8 Å². The van der Waals surface area contributed by atoms with Crippen molar-refractivity contribution in [2.75, 3.05) is 26.8 Å². The van der Waals surface area contributed by atoms with Gasteiger partial charge in [0.05, 0.1) is 25.4 Å². The zero-order chi connectivity index (χ0) is 27.9. The fourth-order valence-corrected chi connectivity index (χ4v) is 5.76. The molecular weight excluding hydrogens is 504 g/mol. The summed E-state index contributed by atoms with van der Waals surface area (Å²) < 4.78 is 18.7. The number of benzene rings is 3. The van der Waals surface area contributed by atoms with Crippen LogP contribution in [0.5, 0.6) is 0 Å². The van der Waals surface area contributed by atoms with Gasteiger partial charge in [-0.3, -0.25) is 9.69 Å². The summed E-state index contributed by atoms with van der Waals surface area (Å²) in [4.78, 5) is 13.9. The van der Waals surface area contributed by atoms with E-state index < -0.39 is 6.29 Å². The Balaban J connectivity index is 1.39. The molecule has 0 radical (unpaired) electrons. The minimum Gasteiger partial charge on any atom is -0.392 e. The SMILES string of the molecule is COC[C@@H]1CCCN1C[C@H]1C[C@@H](c2ccc(CO)cc2)O[C@@H](c2cccc(-c3cccc(CNC(C)=O)c3)c2)O1. The van der Waals surface area contributed by atoms with E-state index in [2.05, 4.69) is 52.7 Å². The van der Waals surface area contributed by atoms with E-state index in [1.165, 1.54) is 13.3 Å². The zero-order valence-electron chi connectivity index (χ0n) is 23.4. The lowest BCUT2D eigenvalue weighted by atomic mass is 9.98. The van der Waals surface area contributed by atoms with Crippen LogP contribution in [-0.2, 0) is 32.2 Å². The molecule has 1 amide bonds. The Morgan fingerprint density at radius 3 is 2.52 bits per heavy atom. The van der Waals surface area contributed by atoms with Crippen molar-refractivity contribution in [1.29, 1.82) is 0 Å². The highest BCUT2D eigenvalue weighted by molar-refractivity contribution is 5.73. The van der Waals surface area contributed by atoms with E-state index in [9.17, 15) is 9.90 Å². The number of carbonyl (C=O) groups is 1. The van der Waals surface area contributed by atoms with E-state index in [1.807, 2.05) is 30.3 Å². The molecule has 0 unspecified atom stereocenters. The number of rotatable bonds is 10. The topological polar surface area (TPSA) is 80.3 Å². The van der Waals surface area contributed by atoms with Gasteiger partial charge in [-0.25, -0.2) is 0 Å². The molecule has 2 fully saturated rings. The standard InChI is InChI=1S/C33H40N2O5/c1-23(37)34-19-25-6-3-7-27(16-25)28-8-4-9-29(17-28)33-39-31(20-35-15-5-10-30(35)22-38-2)18-32(40-33)26-13-11-24(21-36)12-14-26/h3-4,6-9,11-14,16-17,30-33,36H,5,10,15,18-22H2,1-2H3,(H,34,37)/t30-,31+,32-,33-/m0/s1. The molecule has 2 N–H and O–H groups in total. The van der Waals surface area contributed by atoms with Crippen LogP contribution in [0.3, 0.4) is 0 Å². The summed E-state index contributed by atoms with van der Waals surface area (Å²) in [6.07, 6.45) is 2.46. The molecule has 7 heteroatoms. The highest BCUT2D eigenvalue weighted by atomic mass is 16.7. The number of likely N-dealkylation sites (tertiary alicyclic amines) is 1. The van der Waals surface area contributed by atoms with Gasteiger partial charge in [-0.05, 0) is 59.3 Å². The number of aliphatic hydroxyl groups excluding tert-OH is 1. The van der Waals surface area contributed by atoms with Gasteiger partial charge in [0.15, 0.2) is 6.29 Å². The maximum atomic E-state index is 11.4. The predicted octanol–water partition coefficient (Wildman–Crippen LogP) is 5.14. The molecule has 40 heavy (non-hydrogen) atoms. The van der Waals surface area contributed by atoms with Crippen molar-refractivity contribution < 1.29 is 24.1 Å². The summed E-state index contributed by atoms with van der Waals surface area (Å²) in [7, 11) is 1.77. The fourth-order valence-electron chi connectivity index (χ4n) is 5.76. The molecule has 4 atom stereocenters. The minimum atomic E-state index is -0.507. The van der Waals surface area contributed by atoms with E-state index in [1.54, 1.807) is 7.11 Å². The summed E-state index contributed by atoms with van der Waals surface area (Å²) in [6.45, 7) is 4.68. The number of nitrogens with one attached hydrogen (secondary N) is 1. The molecule has 0 aliphatic carbocycles. The second kappa shape index (κ2) is 13.5. The summed E-state index contributed by atoms with van der Waals surface area (Å²) in [5.41, 5.74) is 6.14. The van der Waals surface area contributed by atoms with Crippen molar-refractivity contribution >= 4 is 5.91 Å². The molecule has 0 bridgehead atoms. The summed E-state index contributed by atoms with van der Waals surface area (Å²) in [6, 6.07) is 25.0. The third-order valence-electron chi connectivity index (χ3n) is 7.87. The van der Waals surface area contributed by atoms with Gasteiger partial charge in [0.2, 0.25) is 5.91 Å². The molecule has 2 aliphatic heterocycles. The third kappa shape index (κ3) is 7.16. The molecule has 0 saturated carbocycles. The Kier molecular flexibility index (Phi) is 9.62. The van der Waals surface area contributed by atoms with Gasteiger partial charge in [0.25, 0.3) is 0 Å². The predicted molar refractivity (Wildman–Crippen MR) is 154 cm³/mol. The second-order valence-corrected chi connectivity index (χ2v) is 10.8. The van der Waals surface area contributed by atoms with E-state index in [0.29, 0.717) is 12.6 Å². The van der Waals surface area contributed by atoms with E-state index in [4.69, 9.17) is 14.2 Å². The molecule has 2 aliphatic rings. The largest absolute Gasteiger partial charge is 0.392 e. The lowest BCUT2D eigenvalue weighted by Gasteiger charge is -2.39. The van der Waals surface area contributed by atoms with Crippen LogP contribution in [0.15, 0.2) is 72.8 Å². The minimum absolute atomic E-state index is 0.00311. The van der Waals surface area contributed by atoms with Crippen LogP contribution in [0.2, 0.25) is 0 Å². The van der Waals surface area contributed by atoms with Crippen LogP contribution in [0.25, 0.3) is 11.1 Å². The van der Waals surface area contributed by atoms with Gasteiger partial charge in [0.1, 0.15) is 0 Å². The smallest absolute Gasteiger partial charge is 0.217 e. The first-order valence-corrected chi connectivity index (χ1v) is 14.2. The zero-order valence-corrected chi connectivity index (χ0v) is 23.4. The molecular formula is C33H40N2O5. The molecule has 5 rings (SSSR count). The maximum Gasteiger partial charge on any atom is 0.217 e. The van der Waals surface area contributed by atoms with Crippen molar-refractivity contribution in [3.8, 4) is 11.1 Å². The lowest BCUT2D eigenvalue weighted by molar-refractivity contribution is -0.253. The number of hydrogen-bond acceptors (Lipinski definition) is 6. The Labute approximate surface area is 237 Å². The molecule has 2 saturated heterocycles. The van der Waals surface area contributed by atoms with Crippen molar-refractivity contribution in [3.05, 3.63) is 95.1 Å². The number of methoxy groups -OCH3 is 1. The van der Waals surface area contributed by atoms with Gasteiger partial charge in [-0.2, -0.15) is 0 Å². The summed E-state index contributed by atoms with van der Waals surface area (Å²) in [5.74, 6) is -0.0448. The summed E-state index contributed by atoms with van der Waals surface area (Å²) in [5, 5.41) is 12.4. The van der Waals surface area contributed by atoms with Crippen molar-refractivity contribution in [3.63, 3.8) is 0 Å². The maximum absolute atomic E-state index is 11.4. The van der Waals surface area contributed by atoms with Crippen molar-refractivity contribution in [1.82, 2.24) is 10.2 Å². The Hall–Kier alpha value is -3.07. The lowest BCUT2D eigenvalue weighted by Crippen LogP contribution is -2.42. The molecule has 3 aromatic rings. The number of amides is 1. The van der Waals surface area contributed by atoms with Crippen LogP contribution in [0, 0.1) is 0 Å². The third-order valence-corrected chi connectivity index (χ3v) is 7.87. The number of nitrogens with zero attached hydrogens (tertiary/aromatic N) is 1. The molecule has 3 aromatic carbocycles. The van der Waals surface area contributed by atoms with Crippen molar-refractivity contribution in [2.45, 2.75) is 63.9 Å². The number of aliphatic hydroxyl groups is 1. The average molecular weight is 545 g/mol. The van der Waals surface area contributed by atoms with Crippen LogP contribution >= 0.6 is 0 Å². The average Bonchev–Trinajstić information content (AvgIpc) is 3.42. The molecule has 212 valence electrons. The van der Waals surface area contributed by atoms with Gasteiger partial charge in [0, 0.05) is 45.1 Å². The van der Waals surface area contributed by atoms with Crippen molar-refractivity contribution in [2.24, 2.45) is 0 Å². The first-order chi connectivity index (χ1) is 19.5. The number of carbonyl (C=O) groups excluding carboxylic acids is 1. The van der Waals surface area contributed by atoms with Crippen LogP contribution in [0.4, 0.5) is 0 Å². The van der Waals surface area contributed by atoms with E-state index in [0.717, 1.165) is 65.9 Å². The normalized spacial score (nSPS) is 23.3. The molecule has 0 aromatic heterocycles. The van der Waals surface area contributed by atoms with Crippen LogP contribution < -0.4 is 5.32 Å². The monoisotopic (exact) mass is 544 g/mol. The number of hydrogen-bond donors (Lipinski definition) is 2. The Bertz CT molecular complexity index is 1260. The first-order valence-electron chi connectivity index (χ1n) is 14.2. The fraction of sp³-hybridized carbons (Fsp3) is 0.424. The summed E-state index contributed by atoms with van der Waals surface area (Å²) >= 11 is 0. The molecule has 7 nitrogen and oxygen atoms in total.